The molecule has 0 atom stereocenters. The Morgan fingerprint density at radius 3 is 2.33 bits per heavy atom. The lowest BCUT2D eigenvalue weighted by Crippen LogP contribution is -2.20. The van der Waals surface area contributed by atoms with Crippen molar-refractivity contribution >= 4 is 17.3 Å². The molecular formula is C17H24N4. The van der Waals surface area contributed by atoms with Crippen LogP contribution in [-0.2, 0) is 5.41 Å². The van der Waals surface area contributed by atoms with Crippen LogP contribution in [0.25, 0.3) is 0 Å². The van der Waals surface area contributed by atoms with Crippen LogP contribution >= 0.6 is 0 Å². The fraction of sp³-hybridized carbons (Fsp3) is 0.412. The number of hydrogen-bond acceptors (Lipinski definition) is 4. The minimum Gasteiger partial charge on any atom is -0.373 e. The maximum absolute atomic E-state index is 4.74. The third-order valence-corrected chi connectivity index (χ3v) is 3.46. The molecule has 0 aliphatic heterocycles. The molecule has 0 aliphatic rings. The summed E-state index contributed by atoms with van der Waals surface area (Å²) in [6.45, 7) is 8.48. The normalized spacial score (nSPS) is 11.3. The number of rotatable bonds is 3. The first-order valence-corrected chi connectivity index (χ1v) is 7.19. The van der Waals surface area contributed by atoms with Gasteiger partial charge in [0.2, 0.25) is 0 Å². The first-order valence-electron chi connectivity index (χ1n) is 7.19. The zero-order chi connectivity index (χ0) is 15.6. The molecule has 21 heavy (non-hydrogen) atoms. The summed E-state index contributed by atoms with van der Waals surface area (Å²) in [5.74, 6) is 2.57. The Kier molecular flexibility index (Phi) is 4.16. The summed E-state index contributed by atoms with van der Waals surface area (Å²) in [6, 6.07) is 10.3. The van der Waals surface area contributed by atoms with Gasteiger partial charge >= 0.3 is 0 Å². The van der Waals surface area contributed by atoms with E-state index in [1.165, 1.54) is 5.56 Å². The third kappa shape index (κ3) is 3.32. The second-order valence-electron chi connectivity index (χ2n) is 6.28. The predicted octanol–water partition coefficient (Wildman–Crippen LogP) is 3.89. The molecule has 0 saturated heterocycles. The molecule has 112 valence electrons. The lowest BCUT2D eigenvalue weighted by molar-refractivity contribution is 0.546. The predicted molar refractivity (Wildman–Crippen MR) is 89.5 cm³/mol. The van der Waals surface area contributed by atoms with Gasteiger partial charge in [-0.05, 0) is 18.6 Å². The summed E-state index contributed by atoms with van der Waals surface area (Å²) in [5, 5.41) is 3.12. The number of hydrogen-bond donors (Lipinski definition) is 1. The van der Waals surface area contributed by atoms with Crippen LogP contribution in [-0.4, -0.2) is 24.1 Å². The van der Waals surface area contributed by atoms with Gasteiger partial charge in [-0.1, -0.05) is 39.0 Å². The zero-order valence-corrected chi connectivity index (χ0v) is 13.7. The maximum Gasteiger partial charge on any atom is 0.138 e. The molecule has 0 spiro atoms. The Morgan fingerprint density at radius 1 is 1.10 bits per heavy atom. The van der Waals surface area contributed by atoms with Crippen molar-refractivity contribution < 1.29 is 0 Å². The van der Waals surface area contributed by atoms with E-state index in [0.29, 0.717) is 0 Å². The molecule has 0 aliphatic carbocycles. The molecule has 0 saturated carbocycles. The maximum atomic E-state index is 4.74. The zero-order valence-electron chi connectivity index (χ0n) is 13.7. The van der Waals surface area contributed by atoms with E-state index in [1.807, 2.05) is 32.3 Å². The van der Waals surface area contributed by atoms with Crippen LogP contribution in [0, 0.1) is 6.92 Å². The van der Waals surface area contributed by atoms with Gasteiger partial charge in [-0.3, -0.25) is 0 Å². The monoisotopic (exact) mass is 284 g/mol. The van der Waals surface area contributed by atoms with E-state index in [1.54, 1.807) is 0 Å². The Labute approximate surface area is 127 Å². The summed E-state index contributed by atoms with van der Waals surface area (Å²) in [7, 11) is 3.92. The Morgan fingerprint density at radius 2 is 1.76 bits per heavy atom. The van der Waals surface area contributed by atoms with Crippen molar-refractivity contribution in [2.75, 3.05) is 24.3 Å². The fourth-order valence-corrected chi connectivity index (χ4v) is 2.13. The van der Waals surface area contributed by atoms with Gasteiger partial charge in [-0.2, -0.15) is 0 Å². The average Bonchev–Trinajstić information content (AvgIpc) is 2.45. The van der Waals surface area contributed by atoms with Crippen molar-refractivity contribution in [1.29, 1.82) is 0 Å². The number of benzene rings is 1. The van der Waals surface area contributed by atoms with Gasteiger partial charge < -0.3 is 10.2 Å². The molecule has 1 heterocycles. The Balaban J connectivity index is 2.51. The molecular weight excluding hydrogens is 260 g/mol. The van der Waals surface area contributed by atoms with Crippen LogP contribution in [0.1, 0.15) is 32.2 Å². The van der Waals surface area contributed by atoms with Gasteiger partial charge in [0.05, 0.1) is 0 Å². The highest BCUT2D eigenvalue weighted by atomic mass is 15.2. The Hall–Kier alpha value is -2.10. The number of aryl methyl sites for hydroxylation is 1. The summed E-state index contributed by atoms with van der Waals surface area (Å²) in [6.07, 6.45) is 0. The van der Waals surface area contributed by atoms with E-state index in [-0.39, 0.29) is 5.41 Å². The highest BCUT2D eigenvalue weighted by Crippen LogP contribution is 2.29. The van der Waals surface area contributed by atoms with Gasteiger partial charge in [0.15, 0.2) is 0 Å². The SMILES string of the molecule is CNc1cc(N(C)c2ccccc2C)nc(C(C)(C)C)n1. The lowest BCUT2D eigenvalue weighted by Gasteiger charge is -2.24. The number of anilines is 3. The Bertz CT molecular complexity index is 629. The minimum absolute atomic E-state index is 0.0891. The molecule has 0 bridgehead atoms. The first-order chi connectivity index (χ1) is 9.82. The molecule has 1 aromatic heterocycles. The quantitative estimate of drug-likeness (QED) is 0.928. The minimum atomic E-state index is -0.0891. The highest BCUT2D eigenvalue weighted by Gasteiger charge is 2.20. The van der Waals surface area contributed by atoms with Crippen molar-refractivity contribution in [3.05, 3.63) is 41.7 Å². The molecule has 0 amide bonds. The van der Waals surface area contributed by atoms with E-state index in [4.69, 9.17) is 4.98 Å². The highest BCUT2D eigenvalue weighted by molar-refractivity contribution is 5.64. The lowest BCUT2D eigenvalue weighted by atomic mass is 9.96. The van der Waals surface area contributed by atoms with Crippen LogP contribution in [0.15, 0.2) is 30.3 Å². The topological polar surface area (TPSA) is 41.0 Å². The molecule has 4 nitrogen and oxygen atoms in total. The van der Waals surface area contributed by atoms with Gasteiger partial charge in [-0.15, -0.1) is 0 Å². The molecule has 1 N–H and O–H groups in total. The summed E-state index contributed by atoms with van der Waals surface area (Å²) >= 11 is 0. The third-order valence-electron chi connectivity index (χ3n) is 3.46. The molecule has 1 aromatic carbocycles. The number of aromatic nitrogens is 2. The first kappa shape index (κ1) is 15.3. The number of nitrogens with zero attached hydrogens (tertiary/aromatic N) is 3. The summed E-state index contributed by atoms with van der Waals surface area (Å²) in [5.41, 5.74) is 2.29. The smallest absolute Gasteiger partial charge is 0.138 e. The van der Waals surface area contributed by atoms with Gasteiger partial charge in [0, 0.05) is 31.3 Å². The molecule has 4 heteroatoms. The van der Waals surface area contributed by atoms with Crippen LogP contribution < -0.4 is 10.2 Å². The summed E-state index contributed by atoms with van der Waals surface area (Å²) in [4.78, 5) is 11.4. The second kappa shape index (κ2) is 5.72. The van der Waals surface area contributed by atoms with Crippen LogP contribution in [0.3, 0.4) is 0 Å². The second-order valence-corrected chi connectivity index (χ2v) is 6.28. The molecule has 0 unspecified atom stereocenters. The van der Waals surface area contributed by atoms with Crippen molar-refractivity contribution in [1.82, 2.24) is 9.97 Å². The van der Waals surface area contributed by atoms with E-state index in [9.17, 15) is 0 Å². The molecule has 2 aromatic rings. The van der Waals surface area contributed by atoms with E-state index < -0.39 is 0 Å². The van der Waals surface area contributed by atoms with Gasteiger partial charge in [-0.25, -0.2) is 9.97 Å². The average molecular weight is 284 g/mol. The van der Waals surface area contributed by atoms with Gasteiger partial charge in [0.25, 0.3) is 0 Å². The van der Waals surface area contributed by atoms with E-state index in [0.717, 1.165) is 23.1 Å². The van der Waals surface area contributed by atoms with Crippen molar-refractivity contribution in [2.45, 2.75) is 33.1 Å². The molecule has 2 rings (SSSR count). The van der Waals surface area contributed by atoms with Crippen molar-refractivity contribution in [3.63, 3.8) is 0 Å². The number of nitrogens with one attached hydrogen (secondary N) is 1. The van der Waals surface area contributed by atoms with E-state index in [2.05, 4.69) is 55.0 Å². The van der Waals surface area contributed by atoms with Crippen molar-refractivity contribution in [3.8, 4) is 0 Å². The summed E-state index contributed by atoms with van der Waals surface area (Å²) < 4.78 is 0. The fourth-order valence-electron chi connectivity index (χ4n) is 2.13. The van der Waals surface area contributed by atoms with Crippen LogP contribution in [0.5, 0.6) is 0 Å². The molecule has 0 radical (unpaired) electrons. The van der Waals surface area contributed by atoms with Gasteiger partial charge in [0.1, 0.15) is 17.5 Å². The standard InChI is InChI=1S/C17H24N4/c1-12-9-7-8-10-13(12)21(6)15-11-14(18-5)19-16(20-15)17(2,3)4/h7-11H,1-6H3,(H,18,19,20). The van der Waals surface area contributed by atoms with Crippen LogP contribution in [0.4, 0.5) is 17.3 Å². The van der Waals surface area contributed by atoms with E-state index >= 15 is 0 Å². The van der Waals surface area contributed by atoms with Crippen LogP contribution in [0.2, 0.25) is 0 Å². The van der Waals surface area contributed by atoms with Crippen molar-refractivity contribution in [2.24, 2.45) is 0 Å². The number of para-hydroxylation sites is 1. The largest absolute Gasteiger partial charge is 0.373 e. The molecule has 0 fully saturated rings.